The minimum Gasteiger partial charge on any atom is -0.313 e. The second kappa shape index (κ2) is 6.00. The number of rotatable bonds is 4. The zero-order valence-corrected chi connectivity index (χ0v) is 12.6. The molecule has 1 atom stereocenters. The van der Waals surface area contributed by atoms with Gasteiger partial charge < -0.3 is 5.43 Å². The van der Waals surface area contributed by atoms with Gasteiger partial charge in [-0.25, -0.2) is 0 Å². The molecule has 0 saturated heterocycles. The van der Waals surface area contributed by atoms with Gasteiger partial charge in [0.05, 0.1) is 6.04 Å². The van der Waals surface area contributed by atoms with E-state index in [1.165, 1.54) is 10.2 Å². The lowest BCUT2D eigenvalue weighted by atomic mass is 10.0. The number of aromatic amines is 1. The van der Waals surface area contributed by atoms with E-state index in [-0.39, 0.29) is 16.4 Å². The molecular weight excluding hydrogens is 272 g/mol. The highest BCUT2D eigenvalue weighted by Gasteiger charge is 2.11. The zero-order chi connectivity index (χ0) is 14.7. The Morgan fingerprint density at radius 1 is 1.35 bits per heavy atom. The van der Waals surface area contributed by atoms with Crippen LogP contribution in [0.25, 0.3) is 0 Å². The molecule has 0 spiro atoms. The smallest absolute Gasteiger partial charge is 0.294 e. The Morgan fingerprint density at radius 3 is 2.60 bits per heavy atom. The highest BCUT2D eigenvalue weighted by molar-refractivity contribution is 7.71. The first-order valence-corrected chi connectivity index (χ1v) is 6.95. The summed E-state index contributed by atoms with van der Waals surface area (Å²) in [7, 11) is 0. The van der Waals surface area contributed by atoms with Crippen molar-refractivity contribution in [3.05, 3.63) is 56.2 Å². The van der Waals surface area contributed by atoms with Crippen LogP contribution in [0, 0.1) is 18.6 Å². The van der Waals surface area contributed by atoms with Crippen LogP contribution in [0.15, 0.2) is 29.1 Å². The van der Waals surface area contributed by atoms with Crippen LogP contribution in [-0.2, 0) is 0 Å². The fourth-order valence-electron chi connectivity index (χ4n) is 1.96. The number of H-pyrrole nitrogens is 1. The van der Waals surface area contributed by atoms with Gasteiger partial charge >= 0.3 is 0 Å². The third-order valence-corrected chi connectivity index (χ3v) is 3.48. The second-order valence-corrected chi connectivity index (χ2v) is 5.14. The maximum Gasteiger partial charge on any atom is 0.294 e. The Bertz CT molecular complexity index is 702. The maximum absolute atomic E-state index is 12.1. The zero-order valence-electron chi connectivity index (χ0n) is 11.8. The molecule has 0 amide bonds. The van der Waals surface area contributed by atoms with Crippen molar-refractivity contribution in [2.24, 2.45) is 0 Å². The van der Waals surface area contributed by atoms with Gasteiger partial charge in [-0.3, -0.25) is 9.89 Å². The fourth-order valence-corrected chi connectivity index (χ4v) is 2.14. The number of hydrogen-bond acceptors (Lipinski definition) is 4. The molecule has 0 unspecified atom stereocenters. The molecule has 0 aliphatic carbocycles. The first-order valence-electron chi connectivity index (χ1n) is 6.54. The molecule has 0 saturated carbocycles. The summed E-state index contributed by atoms with van der Waals surface area (Å²) in [6, 6.07) is 8.25. The molecule has 5 nitrogen and oxygen atoms in total. The molecule has 2 N–H and O–H groups in total. The van der Waals surface area contributed by atoms with Crippen molar-refractivity contribution >= 4 is 12.2 Å². The summed E-state index contributed by atoms with van der Waals surface area (Å²) < 4.78 is 1.62. The van der Waals surface area contributed by atoms with Crippen LogP contribution in [0.4, 0.5) is 0 Å². The molecule has 0 aliphatic rings. The Labute approximate surface area is 122 Å². The van der Waals surface area contributed by atoms with Gasteiger partial charge in [-0.05, 0) is 38.0 Å². The van der Waals surface area contributed by atoms with E-state index in [9.17, 15) is 4.79 Å². The number of aryl methyl sites for hydroxylation is 2. The first kappa shape index (κ1) is 14.5. The van der Waals surface area contributed by atoms with Gasteiger partial charge in [-0.15, -0.1) is 0 Å². The predicted molar refractivity (Wildman–Crippen MR) is 82.0 cm³/mol. The molecule has 1 aromatic heterocycles. The van der Waals surface area contributed by atoms with Gasteiger partial charge in [-0.2, -0.15) is 9.77 Å². The summed E-state index contributed by atoms with van der Waals surface area (Å²) >= 11 is 5.12. The van der Waals surface area contributed by atoms with Crippen molar-refractivity contribution in [1.29, 1.82) is 0 Å². The van der Waals surface area contributed by atoms with E-state index in [1.807, 2.05) is 6.92 Å². The number of nitrogens with one attached hydrogen (secondary N) is 2. The molecule has 106 valence electrons. The van der Waals surface area contributed by atoms with E-state index in [4.69, 9.17) is 12.2 Å². The average Bonchev–Trinajstić information content (AvgIpc) is 2.45. The number of aromatic nitrogens is 3. The molecular formula is C14H18N4OS. The van der Waals surface area contributed by atoms with E-state index < -0.39 is 0 Å². The molecule has 0 radical (unpaired) electrons. The molecule has 20 heavy (non-hydrogen) atoms. The standard InChI is InChI=1S/C14H18N4OS/c1-4-12(11-7-5-9(2)6-8-11)17-18-13(19)10(3)15-16-14(18)20/h5-8,12,17H,4H2,1-3H3,(H,16,20)/t12-/m0/s1. The number of benzene rings is 1. The van der Waals surface area contributed by atoms with Crippen molar-refractivity contribution in [2.45, 2.75) is 33.2 Å². The lowest BCUT2D eigenvalue weighted by Gasteiger charge is -2.20. The Hall–Kier alpha value is -1.95. The normalized spacial score (nSPS) is 12.2. The van der Waals surface area contributed by atoms with Crippen molar-refractivity contribution in [3.8, 4) is 0 Å². The maximum atomic E-state index is 12.1. The Morgan fingerprint density at radius 2 is 2.00 bits per heavy atom. The van der Waals surface area contributed by atoms with Crippen LogP contribution in [0.1, 0.15) is 36.2 Å². The van der Waals surface area contributed by atoms with E-state index in [1.54, 1.807) is 6.92 Å². The van der Waals surface area contributed by atoms with Gasteiger partial charge in [0.15, 0.2) is 0 Å². The molecule has 6 heteroatoms. The fraction of sp³-hybridized carbons (Fsp3) is 0.357. The number of hydrogen-bond donors (Lipinski definition) is 2. The topological polar surface area (TPSA) is 62.7 Å². The predicted octanol–water partition coefficient (Wildman–Crippen LogP) is 2.61. The van der Waals surface area contributed by atoms with Gasteiger partial charge in [0.2, 0.25) is 4.77 Å². The third kappa shape index (κ3) is 2.96. The van der Waals surface area contributed by atoms with E-state index in [0.717, 1.165) is 12.0 Å². The molecule has 0 aliphatic heterocycles. The van der Waals surface area contributed by atoms with Crippen molar-refractivity contribution in [2.75, 3.05) is 5.43 Å². The molecule has 1 aromatic carbocycles. The van der Waals surface area contributed by atoms with Crippen LogP contribution in [-0.4, -0.2) is 14.9 Å². The van der Waals surface area contributed by atoms with E-state index in [0.29, 0.717) is 5.69 Å². The SMILES string of the molecule is CC[C@H](Nn1c(=S)[nH]nc(C)c1=O)c1ccc(C)cc1. The van der Waals surface area contributed by atoms with Crippen LogP contribution >= 0.6 is 12.2 Å². The van der Waals surface area contributed by atoms with Gasteiger partial charge in [0.25, 0.3) is 5.56 Å². The van der Waals surface area contributed by atoms with Crippen molar-refractivity contribution in [1.82, 2.24) is 14.9 Å². The molecule has 0 bridgehead atoms. The highest BCUT2D eigenvalue weighted by atomic mass is 32.1. The van der Waals surface area contributed by atoms with E-state index >= 15 is 0 Å². The highest BCUT2D eigenvalue weighted by Crippen LogP contribution is 2.17. The second-order valence-electron chi connectivity index (χ2n) is 4.76. The first-order chi connectivity index (χ1) is 9.52. The number of nitrogens with zero attached hydrogens (tertiary/aromatic N) is 2. The largest absolute Gasteiger partial charge is 0.313 e. The average molecular weight is 290 g/mol. The molecule has 0 fully saturated rings. The van der Waals surface area contributed by atoms with E-state index in [2.05, 4.69) is 46.8 Å². The molecule has 2 rings (SSSR count). The summed E-state index contributed by atoms with van der Waals surface area (Å²) in [6.45, 7) is 5.76. The van der Waals surface area contributed by atoms with Crippen molar-refractivity contribution in [3.63, 3.8) is 0 Å². The quantitative estimate of drug-likeness (QED) is 0.850. The summed E-state index contributed by atoms with van der Waals surface area (Å²) in [5.41, 5.74) is 5.65. The van der Waals surface area contributed by atoms with Crippen molar-refractivity contribution < 1.29 is 0 Å². The Balaban J connectivity index is 2.36. The summed E-state index contributed by atoms with van der Waals surface area (Å²) in [5, 5.41) is 6.52. The lowest BCUT2D eigenvalue weighted by Crippen LogP contribution is -2.34. The van der Waals surface area contributed by atoms with Crippen LogP contribution in [0.3, 0.4) is 0 Å². The third-order valence-electron chi connectivity index (χ3n) is 3.21. The molecule has 2 aromatic rings. The van der Waals surface area contributed by atoms with Gasteiger partial charge in [0, 0.05) is 0 Å². The minimum atomic E-state index is -0.223. The summed E-state index contributed by atoms with van der Waals surface area (Å²) in [4.78, 5) is 12.1. The van der Waals surface area contributed by atoms with Crippen LogP contribution < -0.4 is 11.0 Å². The van der Waals surface area contributed by atoms with Gasteiger partial charge in [-0.1, -0.05) is 36.8 Å². The minimum absolute atomic E-state index is 0.0187. The van der Waals surface area contributed by atoms with Gasteiger partial charge in [0.1, 0.15) is 5.69 Å². The van der Waals surface area contributed by atoms with Crippen LogP contribution in [0.5, 0.6) is 0 Å². The summed E-state index contributed by atoms with van der Waals surface area (Å²) in [6.07, 6.45) is 0.839. The molecule has 1 heterocycles. The monoisotopic (exact) mass is 290 g/mol. The van der Waals surface area contributed by atoms with Crippen LogP contribution in [0.2, 0.25) is 0 Å². The lowest BCUT2D eigenvalue weighted by molar-refractivity contribution is 0.611. The Kier molecular flexibility index (Phi) is 4.34. The summed E-state index contributed by atoms with van der Waals surface area (Å²) in [5.74, 6) is 0.